The van der Waals surface area contributed by atoms with E-state index < -0.39 is 114 Å². The Morgan fingerprint density at radius 2 is 0.942 bits per heavy atom. The van der Waals surface area contributed by atoms with Crippen LogP contribution in [0.1, 0.15) is 286 Å². The molecule has 0 radical (unpaired) electrons. The summed E-state index contributed by atoms with van der Waals surface area (Å²) in [6.45, 7) is 9.02. The molecule has 2 aromatic carbocycles. The Morgan fingerprint density at radius 1 is 0.524 bits per heavy atom. The van der Waals surface area contributed by atoms with Crippen LogP contribution in [-0.2, 0) is 66.2 Å². The Balaban J connectivity index is 2.17. The van der Waals surface area contributed by atoms with Crippen LogP contribution in [0.2, 0.25) is 0 Å². The lowest BCUT2D eigenvalue weighted by molar-refractivity contribution is -0.270. The van der Waals surface area contributed by atoms with Gasteiger partial charge in [-0.2, -0.15) is 0 Å². The maximum Gasteiger partial charge on any atom is 0.588 e. The van der Waals surface area contributed by atoms with Gasteiger partial charge in [-0.3, -0.25) is 23.7 Å². The summed E-state index contributed by atoms with van der Waals surface area (Å²) in [4.78, 5) is 84.1. The van der Waals surface area contributed by atoms with Crippen molar-refractivity contribution in [1.29, 1.82) is 0 Å². The van der Waals surface area contributed by atoms with Crippen LogP contribution in [0.3, 0.4) is 0 Å². The number of alkyl halides is 6. The van der Waals surface area contributed by atoms with Crippen LogP contribution in [-0.4, -0.2) is 118 Å². The van der Waals surface area contributed by atoms with Gasteiger partial charge in [-0.1, -0.05) is 313 Å². The molecular weight excluding hydrogens is 1470 g/mol. The molecule has 1 aliphatic rings. The number of benzene rings is 2. The molecule has 3 rings (SSSR count). The minimum atomic E-state index is -5.14. The predicted molar refractivity (Wildman–Crippen MR) is 407 cm³/mol. The summed E-state index contributed by atoms with van der Waals surface area (Å²) in [6.07, 6.45) is 21.2. The van der Waals surface area contributed by atoms with Crippen LogP contribution < -0.4 is 19.7 Å². The first-order chi connectivity index (χ1) is 49.3. The number of phosphoric ester groups is 1. The lowest BCUT2D eigenvalue weighted by atomic mass is 9.96. The van der Waals surface area contributed by atoms with E-state index in [1.54, 1.807) is 36.4 Å². The molecule has 1 fully saturated rings. The van der Waals surface area contributed by atoms with E-state index in [1.807, 2.05) is 0 Å². The molecule has 7 atom stereocenters. The van der Waals surface area contributed by atoms with Crippen LogP contribution in [0, 0.1) is 0 Å². The van der Waals surface area contributed by atoms with Crippen molar-refractivity contribution in [3.8, 4) is 11.5 Å². The maximum absolute atomic E-state index is 15.7. The summed E-state index contributed by atoms with van der Waals surface area (Å²) >= 11 is 36.9. The molecule has 103 heavy (non-hydrogen) atoms. The number of carbonyl (C=O) groups excluding carboxylic acids is 6. The van der Waals surface area contributed by atoms with Crippen LogP contribution in [0.5, 0.6) is 11.5 Å². The van der Waals surface area contributed by atoms with Gasteiger partial charge in [0.2, 0.25) is 13.5 Å². The predicted octanol–water partition coefficient (Wildman–Crippen LogP) is 21.9. The molecule has 0 aromatic heterocycles. The number of amides is 2. The van der Waals surface area contributed by atoms with Crippen molar-refractivity contribution in [2.75, 3.05) is 26.4 Å². The number of nitrogens with one attached hydrogen (secondary N) is 2. The van der Waals surface area contributed by atoms with Crippen molar-refractivity contribution in [1.82, 2.24) is 10.6 Å². The number of halogens is 6. The van der Waals surface area contributed by atoms with Gasteiger partial charge < -0.3 is 57.6 Å². The summed E-state index contributed by atoms with van der Waals surface area (Å²) in [5.41, 5.74) is -1.80. The highest BCUT2D eigenvalue weighted by atomic mass is 35.6. The number of para-hydroxylation sites is 2. The number of carbonyl (C=O) groups is 6. The Labute approximate surface area is 645 Å². The smallest absolute Gasteiger partial charge is 0.462 e. The van der Waals surface area contributed by atoms with Crippen molar-refractivity contribution in [2.45, 2.75) is 342 Å². The number of hydrogen-bond acceptors (Lipinski definition) is 18. The third-order valence-corrected chi connectivity index (χ3v) is 20.5. The van der Waals surface area contributed by atoms with E-state index in [2.05, 4.69) is 38.3 Å². The van der Waals surface area contributed by atoms with Crippen molar-refractivity contribution in [3.63, 3.8) is 0 Å². The lowest BCUT2D eigenvalue weighted by Gasteiger charge is -2.45. The Morgan fingerprint density at radius 3 is 1.37 bits per heavy atom. The molecule has 590 valence electrons. The zero-order chi connectivity index (χ0) is 75.6. The minimum Gasteiger partial charge on any atom is -0.462 e. The van der Waals surface area contributed by atoms with E-state index in [1.165, 1.54) is 83.1 Å². The SMILES string of the molecule is CCCCCCCCCCC[C@H](CC(=O)NCCO[C@@H]1O[C@H](COC(=O)OC(C)(C)C(Cl)(Cl)Cl)[C@@H](OP(=O)(Oc2ccccc2)Oc2ccccc2)[C@H](OC(=O)C[C@@H](CCCCCCCCCCC)OC(=O)CCCCCCCCC)[C@H]1NC(=O)OCC(Cl)(Cl)Cl)OC(=O)CCCCCCCCC. The van der Waals surface area contributed by atoms with Gasteiger partial charge in [0, 0.05) is 19.4 Å². The first-order valence-electron chi connectivity index (χ1n) is 38.1. The topological polar surface area (TPSA) is 245 Å². The van der Waals surface area contributed by atoms with E-state index in [9.17, 15) is 24.0 Å². The van der Waals surface area contributed by atoms with Crippen molar-refractivity contribution < 1.29 is 84.8 Å². The molecule has 1 heterocycles. The van der Waals surface area contributed by atoms with Gasteiger partial charge in [0.25, 0.3) is 0 Å². The van der Waals surface area contributed by atoms with Gasteiger partial charge in [-0.05, 0) is 76.6 Å². The highest BCUT2D eigenvalue weighted by Gasteiger charge is 2.55. The van der Waals surface area contributed by atoms with Crippen molar-refractivity contribution >= 4 is 113 Å². The van der Waals surface area contributed by atoms with Gasteiger partial charge in [0.05, 0.1) is 19.4 Å². The molecule has 0 aliphatic carbocycles. The summed E-state index contributed by atoms with van der Waals surface area (Å²) in [7, 11) is -5.14. The largest absolute Gasteiger partial charge is 0.588 e. The van der Waals surface area contributed by atoms with Gasteiger partial charge in [0.1, 0.15) is 55.2 Å². The Hall–Kier alpha value is -3.69. The number of hydrogen-bond donors (Lipinski definition) is 2. The van der Waals surface area contributed by atoms with Crippen LogP contribution in [0.25, 0.3) is 0 Å². The number of rotatable bonds is 58. The highest BCUT2D eigenvalue weighted by Crippen LogP contribution is 2.53. The van der Waals surface area contributed by atoms with Gasteiger partial charge >= 0.3 is 38.0 Å². The van der Waals surface area contributed by atoms with Crippen LogP contribution in [0.4, 0.5) is 9.59 Å². The van der Waals surface area contributed by atoms with Crippen LogP contribution in [0.15, 0.2) is 60.7 Å². The van der Waals surface area contributed by atoms with Crippen molar-refractivity contribution in [3.05, 3.63) is 60.7 Å². The Bertz CT molecular complexity index is 2620. The fraction of sp³-hybridized carbons (Fsp3) is 0.763. The third-order valence-electron chi connectivity index (χ3n) is 17.5. The molecule has 0 unspecified atom stereocenters. The monoisotopic (exact) mass is 1590 g/mol. The Kier molecular flexibility index (Phi) is 49.8. The molecular formula is C76H121Cl6N2O18P. The molecule has 2 amide bonds. The quantitative estimate of drug-likeness (QED) is 0.0205. The third kappa shape index (κ3) is 44.4. The first kappa shape index (κ1) is 93.5. The number of ether oxygens (including phenoxy) is 8. The van der Waals surface area contributed by atoms with E-state index in [4.69, 9.17) is 121 Å². The molecule has 2 aromatic rings. The number of phosphoric acid groups is 1. The number of esters is 3. The van der Waals surface area contributed by atoms with Gasteiger partial charge in [-0.15, -0.1) is 0 Å². The molecule has 1 saturated heterocycles. The molecule has 0 saturated carbocycles. The minimum absolute atomic E-state index is 0.0142. The molecule has 2 N–H and O–H groups in total. The van der Waals surface area contributed by atoms with Gasteiger partial charge in [-0.25, -0.2) is 14.2 Å². The molecule has 27 heteroatoms. The zero-order valence-corrected chi connectivity index (χ0v) is 67.5. The summed E-state index contributed by atoms with van der Waals surface area (Å²) < 4.78 is 78.2. The molecule has 0 bridgehead atoms. The van der Waals surface area contributed by atoms with E-state index in [-0.39, 0.29) is 56.3 Å². The average molecular weight is 1590 g/mol. The van der Waals surface area contributed by atoms with E-state index >= 15 is 9.36 Å². The summed E-state index contributed by atoms with van der Waals surface area (Å²) in [5, 5.41) is 5.44. The lowest BCUT2D eigenvalue weighted by Crippen LogP contribution is -2.66. The second-order valence-electron chi connectivity index (χ2n) is 27.2. The summed E-state index contributed by atoms with van der Waals surface area (Å²) in [6, 6.07) is 13.9. The fourth-order valence-electron chi connectivity index (χ4n) is 11.5. The van der Waals surface area contributed by atoms with Crippen LogP contribution >= 0.6 is 77.4 Å². The molecule has 20 nitrogen and oxygen atoms in total. The highest BCUT2D eigenvalue weighted by molar-refractivity contribution is 7.49. The average Bonchev–Trinajstić information content (AvgIpc) is 0.773. The molecule has 0 spiro atoms. The van der Waals surface area contributed by atoms with Crippen molar-refractivity contribution in [2.24, 2.45) is 0 Å². The molecule has 1 aliphatic heterocycles. The first-order valence-corrected chi connectivity index (χ1v) is 41.9. The van der Waals surface area contributed by atoms with E-state index in [0.717, 1.165) is 141 Å². The second-order valence-corrected chi connectivity index (χ2v) is 33.5. The second kappa shape index (κ2) is 54.8. The zero-order valence-electron chi connectivity index (χ0n) is 62.1. The number of alkyl carbamates (subject to hydrolysis) is 1. The number of unbranched alkanes of at least 4 members (excludes halogenated alkanes) is 28. The van der Waals surface area contributed by atoms with E-state index in [0.29, 0.717) is 25.7 Å². The fourth-order valence-corrected chi connectivity index (χ4v) is 13.3. The summed E-state index contributed by atoms with van der Waals surface area (Å²) in [5.74, 6) is -2.37. The standard InChI is InChI=1S/C76H121Cl6N2O18P/c1-7-11-15-19-23-25-29-31-37-49-61(95-65(86)51-43-33-27-21-17-13-9-3)55-64(85)83-53-54-92-71-68(84-72(89)94-58-75(77,78)79)70(98-67(88)56-62(50-38-32-30-26-24-20-16-12-8-2)96-66(87)52-44-34-28-22-18-14-10-4)69(63(97-71)57-93-73(90)99-74(5,6)76(80,81)82)102-103(91,100-59-45-39-35-40-46-59)101-60-47-41-36-42-48-60/h35-36,39-42,45-48,61-63,68-71H,7-34,37-38,43-44,49-58H2,1-6H3,(H,83,85)(H,84,89)/t61-,62-,63-,68-,69-,70-,71-/m1/s1. The van der Waals surface area contributed by atoms with Gasteiger partial charge in [0.15, 0.2) is 18.0 Å². The maximum atomic E-state index is 15.7. The normalized spacial score (nSPS) is 17.0.